The molecule has 1 aliphatic rings. The molecule has 1 N–H and O–H groups in total. The van der Waals surface area contributed by atoms with Crippen molar-refractivity contribution >= 4 is 23.5 Å². The zero-order valence-electron chi connectivity index (χ0n) is 10.3. The molecular formula is C11H18ClN5. The van der Waals surface area contributed by atoms with Gasteiger partial charge in [0.05, 0.1) is 0 Å². The van der Waals surface area contributed by atoms with E-state index in [1.807, 2.05) is 0 Å². The van der Waals surface area contributed by atoms with Crippen molar-refractivity contribution in [1.82, 2.24) is 15.0 Å². The van der Waals surface area contributed by atoms with Crippen LogP contribution in [0, 0.1) is 0 Å². The molecule has 1 aromatic heterocycles. The van der Waals surface area contributed by atoms with Crippen LogP contribution >= 0.6 is 11.6 Å². The van der Waals surface area contributed by atoms with Gasteiger partial charge in [0, 0.05) is 19.6 Å². The number of halogens is 1. The molecule has 1 saturated heterocycles. The molecule has 1 aliphatic heterocycles. The van der Waals surface area contributed by atoms with Crippen LogP contribution in [0.4, 0.5) is 11.9 Å². The third-order valence-electron chi connectivity index (χ3n) is 3.18. The Morgan fingerprint density at radius 1 is 1.35 bits per heavy atom. The first-order valence-electron chi connectivity index (χ1n) is 6.10. The van der Waals surface area contributed by atoms with E-state index in [1.54, 1.807) is 7.05 Å². The Balaban J connectivity index is 2.27. The van der Waals surface area contributed by atoms with E-state index in [0.29, 0.717) is 17.9 Å². The summed E-state index contributed by atoms with van der Waals surface area (Å²) in [5.74, 6) is 1.22. The average Bonchev–Trinajstić information content (AvgIpc) is 2.37. The first kappa shape index (κ1) is 12.4. The third kappa shape index (κ3) is 2.77. The number of nitrogens with zero attached hydrogens (tertiary/aromatic N) is 4. The fourth-order valence-corrected chi connectivity index (χ4v) is 2.42. The molecule has 0 spiro atoms. The number of piperidine rings is 1. The Kier molecular flexibility index (Phi) is 3.99. The molecule has 1 unspecified atom stereocenters. The fraction of sp³-hybridized carbons (Fsp3) is 0.727. The van der Waals surface area contributed by atoms with Gasteiger partial charge in [-0.15, -0.1) is 0 Å². The molecule has 0 amide bonds. The van der Waals surface area contributed by atoms with Gasteiger partial charge < -0.3 is 10.2 Å². The van der Waals surface area contributed by atoms with Gasteiger partial charge in [0.25, 0.3) is 0 Å². The zero-order valence-corrected chi connectivity index (χ0v) is 11.0. The maximum Gasteiger partial charge on any atom is 0.231 e. The predicted octanol–water partition coefficient (Wildman–Crippen LogP) is 2.34. The SMILES string of the molecule is CCC1CCCCN1c1nc(Cl)nc(NC)n1. The van der Waals surface area contributed by atoms with Gasteiger partial charge in [-0.1, -0.05) is 6.92 Å². The minimum Gasteiger partial charge on any atom is -0.357 e. The van der Waals surface area contributed by atoms with Gasteiger partial charge in [-0.2, -0.15) is 15.0 Å². The van der Waals surface area contributed by atoms with Crippen molar-refractivity contribution in [2.24, 2.45) is 0 Å². The van der Waals surface area contributed by atoms with Gasteiger partial charge in [0.1, 0.15) is 0 Å². The summed E-state index contributed by atoms with van der Waals surface area (Å²) in [6.07, 6.45) is 4.79. The van der Waals surface area contributed by atoms with Gasteiger partial charge in [0.2, 0.25) is 17.2 Å². The molecule has 17 heavy (non-hydrogen) atoms. The van der Waals surface area contributed by atoms with E-state index in [-0.39, 0.29) is 5.28 Å². The van der Waals surface area contributed by atoms with E-state index in [4.69, 9.17) is 11.6 Å². The van der Waals surface area contributed by atoms with Gasteiger partial charge in [-0.05, 0) is 37.3 Å². The van der Waals surface area contributed by atoms with Crippen LogP contribution in [-0.2, 0) is 0 Å². The third-order valence-corrected chi connectivity index (χ3v) is 3.34. The zero-order chi connectivity index (χ0) is 12.3. The van der Waals surface area contributed by atoms with E-state index in [0.717, 1.165) is 13.0 Å². The average molecular weight is 256 g/mol. The normalized spacial score (nSPS) is 20.4. The van der Waals surface area contributed by atoms with Crippen LogP contribution in [0.25, 0.3) is 0 Å². The van der Waals surface area contributed by atoms with Crippen LogP contribution in [0.1, 0.15) is 32.6 Å². The Bertz CT molecular complexity index is 384. The molecule has 6 heteroatoms. The molecule has 94 valence electrons. The fourth-order valence-electron chi connectivity index (χ4n) is 2.27. The molecule has 2 rings (SSSR count). The lowest BCUT2D eigenvalue weighted by molar-refractivity contribution is 0.443. The van der Waals surface area contributed by atoms with Crippen molar-refractivity contribution in [3.63, 3.8) is 0 Å². The summed E-state index contributed by atoms with van der Waals surface area (Å²) in [4.78, 5) is 14.9. The van der Waals surface area contributed by atoms with Crippen LogP contribution in [0.2, 0.25) is 5.28 Å². The maximum absolute atomic E-state index is 5.91. The van der Waals surface area contributed by atoms with E-state index in [1.165, 1.54) is 19.3 Å². The Hall–Kier alpha value is -1.10. The number of nitrogens with one attached hydrogen (secondary N) is 1. The van der Waals surface area contributed by atoms with Crippen LogP contribution in [0.15, 0.2) is 0 Å². The molecule has 0 aliphatic carbocycles. The largest absolute Gasteiger partial charge is 0.357 e. The molecule has 1 aromatic rings. The molecule has 1 atom stereocenters. The maximum atomic E-state index is 5.91. The monoisotopic (exact) mass is 255 g/mol. The minimum absolute atomic E-state index is 0.250. The number of anilines is 2. The quantitative estimate of drug-likeness (QED) is 0.899. The standard InChI is InChI=1S/C11H18ClN5/c1-3-8-6-4-5-7-17(8)11-15-9(12)14-10(13-2)16-11/h8H,3-7H2,1-2H3,(H,13,14,15,16). The van der Waals surface area contributed by atoms with Crippen LogP contribution in [0.5, 0.6) is 0 Å². The molecule has 0 saturated carbocycles. The topological polar surface area (TPSA) is 53.9 Å². The smallest absolute Gasteiger partial charge is 0.231 e. The second kappa shape index (κ2) is 5.49. The van der Waals surface area contributed by atoms with Crippen molar-refractivity contribution in [1.29, 1.82) is 0 Å². The van der Waals surface area contributed by atoms with Gasteiger partial charge in [0.15, 0.2) is 0 Å². The van der Waals surface area contributed by atoms with E-state index in [2.05, 4.69) is 32.1 Å². The summed E-state index contributed by atoms with van der Waals surface area (Å²) in [6.45, 7) is 3.20. The van der Waals surface area contributed by atoms with Gasteiger partial charge >= 0.3 is 0 Å². The Morgan fingerprint density at radius 3 is 2.88 bits per heavy atom. The molecule has 0 bridgehead atoms. The van der Waals surface area contributed by atoms with Gasteiger partial charge in [-0.25, -0.2) is 0 Å². The van der Waals surface area contributed by atoms with Crippen LogP contribution < -0.4 is 10.2 Å². The molecule has 0 aromatic carbocycles. The minimum atomic E-state index is 0.250. The van der Waals surface area contributed by atoms with Crippen molar-refractivity contribution in [3.05, 3.63) is 5.28 Å². The highest BCUT2D eigenvalue weighted by Gasteiger charge is 2.23. The first-order chi connectivity index (χ1) is 8.24. The lowest BCUT2D eigenvalue weighted by Gasteiger charge is -2.35. The van der Waals surface area contributed by atoms with Crippen molar-refractivity contribution in [2.45, 2.75) is 38.6 Å². The highest BCUT2D eigenvalue weighted by atomic mass is 35.5. The van der Waals surface area contributed by atoms with E-state index >= 15 is 0 Å². The van der Waals surface area contributed by atoms with Gasteiger partial charge in [-0.3, -0.25) is 0 Å². The van der Waals surface area contributed by atoms with Crippen molar-refractivity contribution in [3.8, 4) is 0 Å². The highest BCUT2D eigenvalue weighted by molar-refractivity contribution is 6.28. The summed E-state index contributed by atoms with van der Waals surface area (Å²) in [5.41, 5.74) is 0. The second-order valence-electron chi connectivity index (χ2n) is 4.23. The van der Waals surface area contributed by atoms with Crippen LogP contribution in [0.3, 0.4) is 0 Å². The lowest BCUT2D eigenvalue weighted by atomic mass is 10.0. The Labute approximate surface area is 107 Å². The number of hydrogen-bond donors (Lipinski definition) is 1. The molecule has 0 radical (unpaired) electrons. The number of aromatic nitrogens is 3. The highest BCUT2D eigenvalue weighted by Crippen LogP contribution is 2.24. The molecule has 1 fully saturated rings. The summed E-state index contributed by atoms with van der Waals surface area (Å²) in [5, 5.41) is 3.16. The molecule has 5 nitrogen and oxygen atoms in total. The van der Waals surface area contributed by atoms with Crippen molar-refractivity contribution in [2.75, 3.05) is 23.8 Å². The first-order valence-corrected chi connectivity index (χ1v) is 6.48. The number of hydrogen-bond acceptors (Lipinski definition) is 5. The van der Waals surface area contributed by atoms with E-state index in [9.17, 15) is 0 Å². The van der Waals surface area contributed by atoms with Crippen molar-refractivity contribution < 1.29 is 0 Å². The lowest BCUT2D eigenvalue weighted by Crippen LogP contribution is -2.40. The summed E-state index contributed by atoms with van der Waals surface area (Å²) >= 11 is 5.91. The molecular weight excluding hydrogens is 238 g/mol. The Morgan fingerprint density at radius 2 is 2.18 bits per heavy atom. The van der Waals surface area contributed by atoms with E-state index < -0.39 is 0 Å². The summed E-state index contributed by atoms with van der Waals surface area (Å²) in [7, 11) is 1.78. The van der Waals surface area contributed by atoms with Crippen LogP contribution in [-0.4, -0.2) is 34.6 Å². The number of rotatable bonds is 3. The summed E-state index contributed by atoms with van der Waals surface area (Å²) in [6, 6.07) is 0.520. The summed E-state index contributed by atoms with van der Waals surface area (Å²) < 4.78 is 0. The second-order valence-corrected chi connectivity index (χ2v) is 4.57. The predicted molar refractivity (Wildman–Crippen MR) is 69.7 cm³/mol. The molecule has 2 heterocycles.